The zero-order valence-corrected chi connectivity index (χ0v) is 14.8. The number of rotatable bonds is 6. The highest BCUT2D eigenvalue weighted by molar-refractivity contribution is 5.92. The van der Waals surface area contributed by atoms with Crippen LogP contribution in [-0.4, -0.2) is 60.2 Å². The first-order valence-corrected chi connectivity index (χ1v) is 8.62. The molecule has 2 heterocycles. The number of amides is 1. The van der Waals surface area contributed by atoms with Gasteiger partial charge in [-0.2, -0.15) is 0 Å². The molecule has 1 amide bonds. The molecule has 7 nitrogen and oxygen atoms in total. The van der Waals surface area contributed by atoms with Crippen LogP contribution in [0.2, 0.25) is 0 Å². The molecule has 1 fully saturated rings. The molecule has 25 heavy (non-hydrogen) atoms. The number of aromatic nitrogens is 2. The molecule has 2 aromatic rings. The van der Waals surface area contributed by atoms with Crippen molar-refractivity contribution in [2.45, 2.75) is 13.5 Å². The van der Waals surface area contributed by atoms with Crippen molar-refractivity contribution in [1.29, 1.82) is 0 Å². The summed E-state index contributed by atoms with van der Waals surface area (Å²) in [7, 11) is 1.62. The Balaban J connectivity index is 1.49. The number of piperazine rings is 1. The molecule has 0 radical (unpaired) electrons. The zero-order valence-electron chi connectivity index (χ0n) is 14.8. The monoisotopic (exact) mass is 343 g/mol. The summed E-state index contributed by atoms with van der Waals surface area (Å²) in [5.41, 5.74) is 0.757. The number of nitrogens with zero attached hydrogens (tertiary/aromatic N) is 4. The lowest BCUT2D eigenvalue weighted by Crippen LogP contribution is -2.49. The molecule has 0 unspecified atom stereocenters. The maximum atomic E-state index is 12.3. The minimum absolute atomic E-state index is 0.00300. The number of benzene rings is 1. The summed E-state index contributed by atoms with van der Waals surface area (Å²) in [6.45, 7) is 6.88. The third-order valence-corrected chi connectivity index (χ3v) is 4.41. The number of carbonyl (C=O) groups is 1. The van der Waals surface area contributed by atoms with Gasteiger partial charge in [-0.1, -0.05) is 6.07 Å². The lowest BCUT2D eigenvalue weighted by atomic mass is 10.3. The van der Waals surface area contributed by atoms with Gasteiger partial charge in [0.1, 0.15) is 5.75 Å². The highest BCUT2D eigenvalue weighted by Gasteiger charge is 2.21. The molecular weight excluding hydrogens is 318 g/mol. The van der Waals surface area contributed by atoms with Gasteiger partial charge in [0.25, 0.3) is 0 Å². The smallest absolute Gasteiger partial charge is 0.238 e. The summed E-state index contributed by atoms with van der Waals surface area (Å²) in [6.07, 6.45) is 3.84. The molecule has 0 spiro atoms. The van der Waals surface area contributed by atoms with E-state index in [-0.39, 0.29) is 5.91 Å². The predicted octanol–water partition coefficient (Wildman–Crippen LogP) is 1.67. The van der Waals surface area contributed by atoms with Crippen LogP contribution in [0.4, 0.5) is 11.6 Å². The van der Waals surface area contributed by atoms with E-state index >= 15 is 0 Å². The molecule has 0 aliphatic carbocycles. The average molecular weight is 343 g/mol. The van der Waals surface area contributed by atoms with Crippen molar-refractivity contribution in [3.8, 4) is 5.75 Å². The minimum Gasteiger partial charge on any atom is -0.497 e. The molecule has 1 aliphatic rings. The number of ether oxygens (including phenoxy) is 1. The topological polar surface area (TPSA) is 62.6 Å². The fraction of sp³-hybridized carbons (Fsp3) is 0.444. The molecular formula is C18H25N5O2. The summed E-state index contributed by atoms with van der Waals surface area (Å²) in [6, 6.07) is 7.40. The van der Waals surface area contributed by atoms with Crippen molar-refractivity contribution in [2.75, 3.05) is 50.1 Å². The second-order valence-electron chi connectivity index (χ2n) is 6.06. The second-order valence-corrected chi connectivity index (χ2v) is 6.06. The summed E-state index contributed by atoms with van der Waals surface area (Å²) < 4.78 is 7.32. The Hall–Kier alpha value is -2.54. The van der Waals surface area contributed by atoms with Gasteiger partial charge in [-0.25, -0.2) is 4.98 Å². The Bertz CT molecular complexity index is 707. The van der Waals surface area contributed by atoms with Crippen LogP contribution in [0.25, 0.3) is 0 Å². The van der Waals surface area contributed by atoms with Gasteiger partial charge < -0.3 is 19.5 Å². The number of hydrogen-bond acceptors (Lipinski definition) is 5. The fourth-order valence-electron chi connectivity index (χ4n) is 3.04. The van der Waals surface area contributed by atoms with E-state index in [0.717, 1.165) is 50.1 Å². The van der Waals surface area contributed by atoms with E-state index in [0.29, 0.717) is 6.54 Å². The van der Waals surface area contributed by atoms with Gasteiger partial charge in [-0.05, 0) is 19.1 Å². The van der Waals surface area contributed by atoms with E-state index in [4.69, 9.17) is 4.74 Å². The first-order chi connectivity index (χ1) is 12.2. The van der Waals surface area contributed by atoms with Crippen LogP contribution < -0.4 is 15.0 Å². The Kier molecular flexibility index (Phi) is 5.55. The van der Waals surface area contributed by atoms with E-state index in [1.807, 2.05) is 36.7 Å². The Morgan fingerprint density at radius 1 is 1.28 bits per heavy atom. The van der Waals surface area contributed by atoms with Crippen LogP contribution >= 0.6 is 0 Å². The maximum Gasteiger partial charge on any atom is 0.238 e. The van der Waals surface area contributed by atoms with Crippen LogP contribution in [0.1, 0.15) is 6.92 Å². The van der Waals surface area contributed by atoms with Crippen LogP contribution in [0.3, 0.4) is 0 Å². The number of methoxy groups -OCH3 is 1. The van der Waals surface area contributed by atoms with Crippen molar-refractivity contribution < 1.29 is 9.53 Å². The van der Waals surface area contributed by atoms with Gasteiger partial charge in [0.15, 0.2) is 0 Å². The molecule has 0 atom stereocenters. The summed E-state index contributed by atoms with van der Waals surface area (Å²) in [5, 5.41) is 2.93. The standard InChI is InChI=1S/C18H25N5O2/c1-3-22-8-7-19-18(22)23-11-9-21(10-12-23)14-17(24)20-15-5-4-6-16(13-15)25-2/h4-8,13H,3,9-12,14H2,1-2H3,(H,20,24). The largest absolute Gasteiger partial charge is 0.497 e. The predicted molar refractivity (Wildman–Crippen MR) is 98.2 cm³/mol. The van der Waals surface area contributed by atoms with Gasteiger partial charge >= 0.3 is 0 Å². The van der Waals surface area contributed by atoms with E-state index < -0.39 is 0 Å². The number of anilines is 2. The molecule has 1 aromatic heterocycles. The highest BCUT2D eigenvalue weighted by atomic mass is 16.5. The van der Waals surface area contributed by atoms with Crippen LogP contribution in [-0.2, 0) is 11.3 Å². The number of aryl methyl sites for hydroxylation is 1. The van der Waals surface area contributed by atoms with Crippen LogP contribution in [0.5, 0.6) is 5.75 Å². The fourth-order valence-corrected chi connectivity index (χ4v) is 3.04. The SMILES string of the molecule is CCn1ccnc1N1CCN(CC(=O)Nc2cccc(OC)c2)CC1. The molecule has 1 N–H and O–H groups in total. The second kappa shape index (κ2) is 8.02. The van der Waals surface area contributed by atoms with Gasteiger partial charge in [0.2, 0.25) is 11.9 Å². The van der Waals surface area contributed by atoms with Crippen molar-refractivity contribution in [2.24, 2.45) is 0 Å². The van der Waals surface area contributed by atoms with E-state index in [1.165, 1.54) is 0 Å². The first kappa shape index (κ1) is 17.3. The van der Waals surface area contributed by atoms with Crippen LogP contribution in [0.15, 0.2) is 36.7 Å². The quantitative estimate of drug-likeness (QED) is 0.864. The third-order valence-electron chi connectivity index (χ3n) is 4.41. The molecule has 1 saturated heterocycles. The van der Waals surface area contributed by atoms with Gasteiger partial charge in [-0.3, -0.25) is 9.69 Å². The van der Waals surface area contributed by atoms with Crippen LogP contribution in [0, 0.1) is 0 Å². The summed E-state index contributed by atoms with van der Waals surface area (Å²) >= 11 is 0. The molecule has 1 aliphatic heterocycles. The zero-order chi connectivity index (χ0) is 17.6. The normalized spacial score (nSPS) is 15.2. The number of nitrogens with one attached hydrogen (secondary N) is 1. The number of imidazole rings is 1. The first-order valence-electron chi connectivity index (χ1n) is 8.62. The van der Waals surface area contributed by atoms with Gasteiger partial charge in [0.05, 0.1) is 13.7 Å². The van der Waals surface area contributed by atoms with E-state index in [1.54, 1.807) is 7.11 Å². The Labute approximate surface area is 148 Å². The molecule has 1 aromatic carbocycles. The maximum absolute atomic E-state index is 12.3. The molecule has 0 saturated carbocycles. The average Bonchev–Trinajstić information content (AvgIpc) is 3.11. The highest BCUT2D eigenvalue weighted by Crippen LogP contribution is 2.17. The lowest BCUT2D eigenvalue weighted by molar-refractivity contribution is -0.117. The van der Waals surface area contributed by atoms with E-state index in [9.17, 15) is 4.79 Å². The van der Waals surface area contributed by atoms with Crippen molar-refractivity contribution in [1.82, 2.24) is 14.5 Å². The number of hydrogen-bond donors (Lipinski definition) is 1. The Morgan fingerprint density at radius 2 is 2.08 bits per heavy atom. The van der Waals surface area contributed by atoms with Gasteiger partial charge in [-0.15, -0.1) is 0 Å². The number of carbonyl (C=O) groups excluding carboxylic acids is 1. The third kappa shape index (κ3) is 4.30. The Morgan fingerprint density at radius 3 is 2.80 bits per heavy atom. The molecule has 134 valence electrons. The van der Waals surface area contributed by atoms with Crippen molar-refractivity contribution >= 4 is 17.5 Å². The lowest BCUT2D eigenvalue weighted by Gasteiger charge is -2.35. The molecule has 3 rings (SSSR count). The summed E-state index contributed by atoms with van der Waals surface area (Å²) in [5.74, 6) is 1.75. The molecule has 7 heteroatoms. The van der Waals surface area contributed by atoms with Gasteiger partial charge in [0, 0.05) is 56.9 Å². The van der Waals surface area contributed by atoms with Crippen molar-refractivity contribution in [3.63, 3.8) is 0 Å². The minimum atomic E-state index is -0.00300. The summed E-state index contributed by atoms with van der Waals surface area (Å²) in [4.78, 5) is 21.2. The van der Waals surface area contributed by atoms with Crippen molar-refractivity contribution in [3.05, 3.63) is 36.7 Å². The molecule has 0 bridgehead atoms. The van der Waals surface area contributed by atoms with E-state index in [2.05, 4.69) is 31.6 Å².